The molecule has 1 aliphatic rings. The van der Waals surface area contributed by atoms with Crippen LogP contribution in [-0.2, 0) is 20.7 Å². The van der Waals surface area contributed by atoms with E-state index in [1.807, 2.05) is 0 Å². The first-order valence-electron chi connectivity index (χ1n) is 6.75. The van der Waals surface area contributed by atoms with Crippen molar-refractivity contribution in [2.75, 3.05) is 11.4 Å². The fourth-order valence-electron chi connectivity index (χ4n) is 2.27. The van der Waals surface area contributed by atoms with Crippen LogP contribution < -0.4 is 4.90 Å². The van der Waals surface area contributed by atoms with Crippen LogP contribution in [0.1, 0.15) is 25.3 Å². The van der Waals surface area contributed by atoms with E-state index in [1.165, 1.54) is 17.0 Å². The van der Waals surface area contributed by atoms with Crippen LogP contribution in [0.15, 0.2) is 18.2 Å². The predicted molar refractivity (Wildman–Crippen MR) is 76.1 cm³/mol. The Labute approximate surface area is 122 Å². The van der Waals surface area contributed by atoms with Gasteiger partial charge in [-0.2, -0.15) is 0 Å². The molecule has 0 saturated carbocycles. The first kappa shape index (κ1) is 15.0. The van der Waals surface area contributed by atoms with Gasteiger partial charge in [0.25, 0.3) is 0 Å². The number of hydrogen-bond acceptors (Lipinski definition) is 3. The molecule has 0 fully saturated rings. The molecule has 0 saturated heterocycles. The van der Waals surface area contributed by atoms with Crippen LogP contribution in [0.3, 0.4) is 0 Å². The molecule has 110 valence electrons. The summed E-state index contributed by atoms with van der Waals surface area (Å²) in [5.41, 5.74) is 1.44. The lowest BCUT2D eigenvalue weighted by atomic mass is 10.0. The second kappa shape index (κ2) is 6.40. The Kier molecular flexibility index (Phi) is 4.59. The van der Waals surface area contributed by atoms with E-state index < -0.39 is 12.1 Å². The zero-order valence-corrected chi connectivity index (χ0v) is 11.8. The minimum absolute atomic E-state index is 0.0502. The average molecular weight is 289 g/mol. The summed E-state index contributed by atoms with van der Waals surface area (Å²) in [6.07, 6.45) is 5.42. The molecule has 1 aromatic rings. The van der Waals surface area contributed by atoms with Gasteiger partial charge in [0, 0.05) is 18.7 Å². The number of rotatable bonds is 4. The van der Waals surface area contributed by atoms with Gasteiger partial charge in [0.15, 0.2) is 6.10 Å². The molecule has 0 N–H and O–H groups in total. The zero-order chi connectivity index (χ0) is 15.4. The molecule has 0 spiro atoms. The summed E-state index contributed by atoms with van der Waals surface area (Å²) in [4.78, 5) is 25.1. The Bertz CT molecular complexity index is 606. The first-order valence-corrected chi connectivity index (χ1v) is 6.75. The number of anilines is 1. The number of fused-ring (bicyclic) bond motifs is 1. The summed E-state index contributed by atoms with van der Waals surface area (Å²) in [6.45, 7) is 1.80. The van der Waals surface area contributed by atoms with Crippen molar-refractivity contribution in [3.05, 3.63) is 29.6 Å². The summed E-state index contributed by atoms with van der Waals surface area (Å²) in [5, 5.41) is 0. The lowest BCUT2D eigenvalue weighted by Crippen LogP contribution is -2.37. The number of halogens is 1. The van der Waals surface area contributed by atoms with E-state index in [0.717, 1.165) is 5.56 Å². The van der Waals surface area contributed by atoms with Crippen LogP contribution in [0.4, 0.5) is 10.1 Å². The number of carbonyl (C=O) groups excluding carboxylic acids is 2. The molecule has 0 aromatic heterocycles. The summed E-state index contributed by atoms with van der Waals surface area (Å²) >= 11 is 0. The third-order valence-corrected chi connectivity index (χ3v) is 3.32. The summed E-state index contributed by atoms with van der Waals surface area (Å²) in [5.74, 6) is 1.44. The largest absolute Gasteiger partial charge is 0.449 e. The number of ether oxygens (including phenoxy) is 1. The molecule has 1 heterocycles. The van der Waals surface area contributed by atoms with Gasteiger partial charge in [0.05, 0.1) is 6.42 Å². The Morgan fingerprint density at radius 3 is 3.00 bits per heavy atom. The summed E-state index contributed by atoms with van der Waals surface area (Å²) in [7, 11) is 0. The van der Waals surface area contributed by atoms with E-state index in [1.54, 1.807) is 13.0 Å². The SMILES string of the molecule is C#C[C@@H](C)OC(=O)CCN1C(=O)CCc2cc(F)ccc21. The van der Waals surface area contributed by atoms with Gasteiger partial charge in [-0.25, -0.2) is 4.39 Å². The van der Waals surface area contributed by atoms with Gasteiger partial charge in [-0.1, -0.05) is 5.92 Å². The second-order valence-corrected chi connectivity index (χ2v) is 4.87. The highest BCUT2D eigenvalue weighted by Crippen LogP contribution is 2.28. The lowest BCUT2D eigenvalue weighted by Gasteiger charge is -2.29. The molecule has 1 aliphatic heterocycles. The number of amides is 1. The van der Waals surface area contributed by atoms with Crippen molar-refractivity contribution in [2.24, 2.45) is 0 Å². The van der Waals surface area contributed by atoms with Crippen LogP contribution in [0.25, 0.3) is 0 Å². The van der Waals surface area contributed by atoms with Crippen molar-refractivity contribution < 1.29 is 18.7 Å². The molecule has 4 nitrogen and oxygen atoms in total. The number of nitrogens with zero attached hydrogens (tertiary/aromatic N) is 1. The van der Waals surface area contributed by atoms with Gasteiger partial charge in [-0.3, -0.25) is 9.59 Å². The molecule has 0 unspecified atom stereocenters. The minimum atomic E-state index is -0.587. The number of hydrogen-bond donors (Lipinski definition) is 0. The maximum atomic E-state index is 13.2. The number of terminal acetylenes is 1. The Hall–Kier alpha value is -2.35. The van der Waals surface area contributed by atoms with E-state index >= 15 is 0 Å². The van der Waals surface area contributed by atoms with Crippen molar-refractivity contribution >= 4 is 17.6 Å². The van der Waals surface area contributed by atoms with Gasteiger partial charge in [0.1, 0.15) is 5.82 Å². The second-order valence-electron chi connectivity index (χ2n) is 4.87. The third-order valence-electron chi connectivity index (χ3n) is 3.32. The van der Waals surface area contributed by atoms with Crippen molar-refractivity contribution in [3.63, 3.8) is 0 Å². The highest BCUT2D eigenvalue weighted by Gasteiger charge is 2.25. The smallest absolute Gasteiger partial charge is 0.308 e. The average Bonchev–Trinajstić information content (AvgIpc) is 2.46. The van der Waals surface area contributed by atoms with E-state index in [-0.39, 0.29) is 24.7 Å². The number of benzene rings is 1. The van der Waals surface area contributed by atoms with E-state index in [4.69, 9.17) is 11.2 Å². The maximum Gasteiger partial charge on any atom is 0.308 e. The van der Waals surface area contributed by atoms with E-state index in [0.29, 0.717) is 18.5 Å². The molecule has 1 aromatic carbocycles. The van der Waals surface area contributed by atoms with Gasteiger partial charge >= 0.3 is 5.97 Å². The predicted octanol–water partition coefficient (Wildman–Crippen LogP) is 2.06. The van der Waals surface area contributed by atoms with Gasteiger partial charge in [0.2, 0.25) is 5.91 Å². The maximum absolute atomic E-state index is 13.2. The van der Waals surface area contributed by atoms with Crippen molar-refractivity contribution in [1.29, 1.82) is 0 Å². The van der Waals surface area contributed by atoms with Crippen molar-refractivity contribution in [1.82, 2.24) is 0 Å². The van der Waals surface area contributed by atoms with Crippen LogP contribution in [-0.4, -0.2) is 24.5 Å². The Morgan fingerprint density at radius 1 is 1.52 bits per heavy atom. The zero-order valence-electron chi connectivity index (χ0n) is 11.8. The molecular formula is C16H16FNO3. The number of aryl methyl sites for hydroxylation is 1. The van der Waals surface area contributed by atoms with Crippen molar-refractivity contribution in [3.8, 4) is 12.3 Å². The Balaban J connectivity index is 2.05. The molecular weight excluding hydrogens is 273 g/mol. The molecule has 0 radical (unpaired) electrons. The Morgan fingerprint density at radius 2 is 2.29 bits per heavy atom. The van der Waals surface area contributed by atoms with Crippen LogP contribution >= 0.6 is 0 Å². The summed E-state index contributed by atoms with van der Waals surface area (Å²) < 4.78 is 18.2. The fourth-order valence-corrected chi connectivity index (χ4v) is 2.27. The fraction of sp³-hybridized carbons (Fsp3) is 0.375. The van der Waals surface area contributed by atoms with Crippen molar-refractivity contribution in [2.45, 2.75) is 32.3 Å². The van der Waals surface area contributed by atoms with Crippen LogP contribution in [0, 0.1) is 18.2 Å². The lowest BCUT2D eigenvalue weighted by molar-refractivity contribution is -0.145. The van der Waals surface area contributed by atoms with E-state index in [2.05, 4.69) is 5.92 Å². The normalized spacial score (nSPS) is 15.1. The quantitative estimate of drug-likeness (QED) is 0.629. The standard InChI is InChI=1S/C16H16FNO3/c1-3-11(2)21-16(20)8-9-18-14-6-5-13(17)10-12(14)4-7-15(18)19/h1,5-6,10-11H,4,7-9H2,2H3/t11-/m1/s1. The minimum Gasteiger partial charge on any atom is -0.449 e. The van der Waals surface area contributed by atoms with Crippen LogP contribution in [0.5, 0.6) is 0 Å². The van der Waals surface area contributed by atoms with Gasteiger partial charge in [-0.15, -0.1) is 6.42 Å². The highest BCUT2D eigenvalue weighted by molar-refractivity contribution is 5.96. The van der Waals surface area contributed by atoms with Gasteiger partial charge in [-0.05, 0) is 37.1 Å². The topological polar surface area (TPSA) is 46.6 Å². The number of carbonyl (C=O) groups is 2. The molecule has 0 bridgehead atoms. The monoisotopic (exact) mass is 289 g/mol. The molecule has 2 rings (SSSR count). The van der Waals surface area contributed by atoms with E-state index in [9.17, 15) is 14.0 Å². The molecule has 0 aliphatic carbocycles. The van der Waals surface area contributed by atoms with Gasteiger partial charge < -0.3 is 9.64 Å². The first-order chi connectivity index (χ1) is 10.0. The third kappa shape index (κ3) is 3.60. The number of esters is 1. The molecule has 1 atom stereocenters. The summed E-state index contributed by atoms with van der Waals surface area (Å²) in [6, 6.07) is 4.30. The molecule has 5 heteroatoms. The van der Waals surface area contributed by atoms with Crippen LogP contribution in [0.2, 0.25) is 0 Å². The molecule has 21 heavy (non-hydrogen) atoms. The molecule has 1 amide bonds. The highest BCUT2D eigenvalue weighted by atomic mass is 19.1.